The average molecular weight is 433 g/mol. The van der Waals surface area contributed by atoms with Crippen molar-refractivity contribution in [1.29, 1.82) is 0 Å². The monoisotopic (exact) mass is 432 g/mol. The number of Topliss-reactive ketones (excluding diaryl/α,β-unsaturated/α-hetero) is 1. The lowest BCUT2D eigenvalue weighted by molar-refractivity contribution is -0.163. The summed E-state index contributed by atoms with van der Waals surface area (Å²) in [6.45, 7) is 15.3. The van der Waals surface area contributed by atoms with Gasteiger partial charge in [-0.2, -0.15) is 5.06 Å². The number of esters is 1. The third kappa shape index (κ3) is 6.14. The van der Waals surface area contributed by atoms with E-state index in [-0.39, 0.29) is 23.1 Å². The Morgan fingerprint density at radius 3 is 2.19 bits per heavy atom. The van der Waals surface area contributed by atoms with Gasteiger partial charge in [-0.25, -0.2) is 4.79 Å². The number of ether oxygens (including phenoxy) is 1. The number of carbonyl (C=O) groups is 3. The number of anilines is 1. The molecule has 1 aromatic rings. The predicted octanol–water partition coefficient (Wildman–Crippen LogP) is 4.05. The van der Waals surface area contributed by atoms with Gasteiger partial charge in [0.25, 0.3) is 0 Å². The molecule has 31 heavy (non-hydrogen) atoms. The molecule has 172 valence electrons. The maximum Gasteiger partial charge on any atom is 0.335 e. The first-order chi connectivity index (χ1) is 14.1. The van der Waals surface area contributed by atoms with E-state index in [0.717, 1.165) is 11.5 Å². The van der Waals surface area contributed by atoms with E-state index in [1.165, 1.54) is 0 Å². The van der Waals surface area contributed by atoms with Crippen LogP contribution in [-0.2, 0) is 19.2 Å². The highest BCUT2D eigenvalue weighted by Crippen LogP contribution is 2.39. The van der Waals surface area contributed by atoms with Crippen LogP contribution in [0.3, 0.4) is 0 Å². The Balaban J connectivity index is 2.58. The zero-order valence-electron chi connectivity index (χ0n) is 20.0. The number of nitrogens with one attached hydrogen (secondary N) is 1. The first kappa shape index (κ1) is 25.0. The summed E-state index contributed by atoms with van der Waals surface area (Å²) in [6, 6.07) is 6.65. The predicted molar refractivity (Wildman–Crippen MR) is 120 cm³/mol. The second kappa shape index (κ2) is 8.71. The fourth-order valence-corrected chi connectivity index (χ4v) is 3.76. The quantitative estimate of drug-likeness (QED) is 0.240. The summed E-state index contributed by atoms with van der Waals surface area (Å²) in [5, 5.41) is 4.22. The molecule has 2 rings (SSSR count). The number of benzene rings is 1. The second-order valence-corrected chi connectivity index (χ2v) is 10.9. The van der Waals surface area contributed by atoms with E-state index in [9.17, 15) is 14.4 Å². The third-order valence-corrected chi connectivity index (χ3v) is 4.96. The minimum Gasteiger partial charge on any atom is -0.458 e. The number of piperidine rings is 1. The van der Waals surface area contributed by atoms with Gasteiger partial charge in [0.15, 0.2) is 11.3 Å². The van der Waals surface area contributed by atoms with Crippen molar-refractivity contribution in [2.75, 3.05) is 11.6 Å². The summed E-state index contributed by atoms with van der Waals surface area (Å²) >= 11 is 0. The summed E-state index contributed by atoms with van der Waals surface area (Å²) in [6.07, 6.45) is 1.62. The molecule has 1 aliphatic rings. The first-order valence-electron chi connectivity index (χ1n) is 10.7. The van der Waals surface area contributed by atoms with Crippen LogP contribution in [0.1, 0.15) is 78.6 Å². The van der Waals surface area contributed by atoms with E-state index >= 15 is 0 Å². The molecule has 1 amide bonds. The molecule has 0 aromatic heterocycles. The Morgan fingerprint density at radius 2 is 1.68 bits per heavy atom. The molecule has 7 heteroatoms. The molecule has 1 aliphatic heterocycles. The minimum absolute atomic E-state index is 0.218. The average Bonchev–Trinajstić information content (AvgIpc) is 2.62. The fraction of sp³-hybridized carbons (Fsp3) is 0.625. The molecule has 0 bridgehead atoms. The lowest BCUT2D eigenvalue weighted by atomic mass is 9.70. The highest BCUT2D eigenvalue weighted by molar-refractivity contribution is 6.19. The Kier molecular flexibility index (Phi) is 7.03. The Hall–Kier alpha value is -2.25. The van der Waals surface area contributed by atoms with Gasteiger partial charge in [-0.3, -0.25) is 19.7 Å². The topological polar surface area (TPSA) is 84.9 Å². The SMILES string of the molecule is CC1(C)CCN[C@](C(=O)OC(C)(C)C)(C(=O)c2ccccc2N(C=O)OC(C)(C)C)C1. The number of amides is 1. The molecule has 1 atom stereocenters. The molecule has 1 saturated heterocycles. The molecule has 0 saturated carbocycles. The molecule has 1 aromatic carbocycles. The van der Waals surface area contributed by atoms with E-state index in [2.05, 4.69) is 5.32 Å². The van der Waals surface area contributed by atoms with Crippen molar-refractivity contribution in [2.45, 2.75) is 85.0 Å². The van der Waals surface area contributed by atoms with Crippen LogP contribution in [0.5, 0.6) is 0 Å². The third-order valence-electron chi connectivity index (χ3n) is 4.96. The summed E-state index contributed by atoms with van der Waals surface area (Å²) in [7, 11) is 0. The van der Waals surface area contributed by atoms with Crippen molar-refractivity contribution in [2.24, 2.45) is 5.41 Å². The van der Waals surface area contributed by atoms with Crippen LogP contribution in [0.15, 0.2) is 24.3 Å². The highest BCUT2D eigenvalue weighted by atomic mass is 16.7. The summed E-state index contributed by atoms with van der Waals surface area (Å²) in [4.78, 5) is 44.9. The molecule has 1 N–H and O–H groups in total. The number of hydroxylamine groups is 1. The molecule has 0 radical (unpaired) electrons. The number of hydrogen-bond acceptors (Lipinski definition) is 6. The van der Waals surface area contributed by atoms with E-state index < -0.39 is 28.5 Å². The lowest BCUT2D eigenvalue weighted by Gasteiger charge is -2.44. The fourth-order valence-electron chi connectivity index (χ4n) is 3.76. The van der Waals surface area contributed by atoms with Crippen molar-refractivity contribution in [3.05, 3.63) is 29.8 Å². The van der Waals surface area contributed by atoms with Gasteiger partial charge < -0.3 is 4.74 Å². The molecule has 0 aliphatic carbocycles. The smallest absolute Gasteiger partial charge is 0.335 e. The number of hydrogen-bond donors (Lipinski definition) is 1. The van der Waals surface area contributed by atoms with Crippen LogP contribution < -0.4 is 10.4 Å². The molecular formula is C24H36N2O5. The van der Waals surface area contributed by atoms with Gasteiger partial charge in [-0.05, 0) is 78.5 Å². The van der Waals surface area contributed by atoms with Crippen molar-refractivity contribution in [3.63, 3.8) is 0 Å². The molecule has 1 heterocycles. The van der Waals surface area contributed by atoms with Crippen LogP contribution in [0, 0.1) is 5.41 Å². The van der Waals surface area contributed by atoms with Gasteiger partial charge >= 0.3 is 5.97 Å². The van der Waals surface area contributed by atoms with E-state index in [4.69, 9.17) is 9.57 Å². The van der Waals surface area contributed by atoms with E-state index in [1.54, 1.807) is 65.8 Å². The highest BCUT2D eigenvalue weighted by Gasteiger charge is 2.54. The van der Waals surface area contributed by atoms with Gasteiger partial charge in [0.2, 0.25) is 6.41 Å². The van der Waals surface area contributed by atoms with Crippen LogP contribution in [0.25, 0.3) is 0 Å². The zero-order valence-corrected chi connectivity index (χ0v) is 20.0. The van der Waals surface area contributed by atoms with Crippen molar-refractivity contribution >= 4 is 23.9 Å². The van der Waals surface area contributed by atoms with Crippen LogP contribution in [0.2, 0.25) is 0 Å². The zero-order chi connectivity index (χ0) is 23.7. The molecule has 0 unspecified atom stereocenters. The van der Waals surface area contributed by atoms with E-state index in [0.29, 0.717) is 13.0 Å². The van der Waals surface area contributed by atoms with E-state index in [1.807, 2.05) is 13.8 Å². The summed E-state index contributed by atoms with van der Waals surface area (Å²) in [5.41, 5.74) is -2.72. The van der Waals surface area contributed by atoms with Gasteiger partial charge in [-0.15, -0.1) is 0 Å². The minimum atomic E-state index is -1.55. The van der Waals surface area contributed by atoms with Crippen molar-refractivity contribution in [1.82, 2.24) is 5.32 Å². The summed E-state index contributed by atoms with van der Waals surface area (Å²) in [5.74, 6) is -1.04. The van der Waals surface area contributed by atoms with Crippen LogP contribution in [0.4, 0.5) is 5.69 Å². The Bertz CT molecular complexity index is 835. The number of para-hydroxylation sites is 1. The summed E-state index contributed by atoms with van der Waals surface area (Å²) < 4.78 is 5.69. The maximum atomic E-state index is 14.0. The number of nitrogens with zero attached hydrogens (tertiary/aromatic N) is 1. The van der Waals surface area contributed by atoms with Crippen LogP contribution >= 0.6 is 0 Å². The van der Waals surface area contributed by atoms with Gasteiger partial charge in [0, 0.05) is 5.56 Å². The normalized spacial score (nSPS) is 21.3. The largest absolute Gasteiger partial charge is 0.458 e. The van der Waals surface area contributed by atoms with Gasteiger partial charge in [-0.1, -0.05) is 26.0 Å². The molecule has 7 nitrogen and oxygen atoms in total. The molecule has 1 fully saturated rings. The van der Waals surface area contributed by atoms with Gasteiger partial charge in [0.05, 0.1) is 11.3 Å². The first-order valence-corrected chi connectivity index (χ1v) is 10.7. The number of rotatable bonds is 6. The Labute approximate surface area is 185 Å². The van der Waals surface area contributed by atoms with Crippen LogP contribution in [-0.4, -0.2) is 41.4 Å². The van der Waals surface area contributed by atoms with Crippen molar-refractivity contribution in [3.8, 4) is 0 Å². The number of carbonyl (C=O) groups excluding carboxylic acids is 3. The molecule has 0 spiro atoms. The van der Waals surface area contributed by atoms with Gasteiger partial charge in [0.1, 0.15) is 5.60 Å². The standard InChI is InChI=1S/C24H36N2O5/c1-21(2,3)30-20(29)24(15-23(7,8)13-14-25-24)19(28)17-11-9-10-12-18(17)26(16-27)31-22(4,5)6/h9-12,16,25H,13-15H2,1-8H3/t24-/m0/s1. The maximum absolute atomic E-state index is 14.0. The molecular weight excluding hydrogens is 396 g/mol. The Morgan fingerprint density at radius 1 is 1.06 bits per heavy atom. The van der Waals surface area contributed by atoms with Crippen molar-refractivity contribution < 1.29 is 24.0 Å². The second-order valence-electron chi connectivity index (χ2n) is 10.9. The number of ketones is 1. The lowest BCUT2D eigenvalue weighted by Crippen LogP contribution is -2.64.